The van der Waals surface area contributed by atoms with Crippen molar-refractivity contribution in [3.05, 3.63) is 72.4 Å². The highest BCUT2D eigenvalue weighted by Gasteiger charge is 2.18. The molecule has 1 N–H and O–H groups in total. The van der Waals surface area contributed by atoms with Crippen LogP contribution in [0.25, 0.3) is 21.7 Å². The number of phenols is 1. The molecule has 0 aliphatic carbocycles. The highest BCUT2D eigenvalue weighted by molar-refractivity contribution is 6.10. The van der Waals surface area contributed by atoms with Crippen molar-refractivity contribution in [2.24, 2.45) is 0 Å². The van der Waals surface area contributed by atoms with Crippen LogP contribution in [0.5, 0.6) is 17.2 Å². The number of rotatable bonds is 7. The van der Waals surface area contributed by atoms with Crippen molar-refractivity contribution in [2.45, 2.75) is 39.2 Å². The molecule has 5 heteroatoms. The first-order valence-electron chi connectivity index (χ1n) is 10.4. The maximum atomic E-state index is 11.9. The summed E-state index contributed by atoms with van der Waals surface area (Å²) in [6.45, 7) is 3.38. The van der Waals surface area contributed by atoms with E-state index in [4.69, 9.17) is 9.47 Å². The van der Waals surface area contributed by atoms with Gasteiger partial charge in [-0.25, -0.2) is 0 Å². The van der Waals surface area contributed by atoms with Gasteiger partial charge in [-0.3, -0.25) is 9.78 Å². The van der Waals surface area contributed by atoms with E-state index in [0.717, 1.165) is 30.0 Å². The van der Waals surface area contributed by atoms with Gasteiger partial charge in [0.2, 0.25) is 0 Å². The normalized spacial score (nSPS) is 12.1. The smallest absolute Gasteiger partial charge is 0.308 e. The van der Waals surface area contributed by atoms with Crippen LogP contribution in [0.4, 0.5) is 0 Å². The minimum absolute atomic E-state index is 0.0631. The maximum Gasteiger partial charge on any atom is 0.308 e. The first-order chi connectivity index (χ1) is 15.0. The van der Waals surface area contributed by atoms with E-state index in [2.05, 4.69) is 17.1 Å². The number of carbonyl (C=O) groups is 1. The number of ether oxygens (including phenoxy) is 2. The lowest BCUT2D eigenvalue weighted by Gasteiger charge is -2.19. The average molecular weight is 415 g/mol. The lowest BCUT2D eigenvalue weighted by atomic mass is 10.0. The largest absolute Gasteiger partial charge is 0.508 e. The van der Waals surface area contributed by atoms with Gasteiger partial charge in [0.05, 0.1) is 17.0 Å². The van der Waals surface area contributed by atoms with Crippen LogP contribution in [-0.2, 0) is 11.2 Å². The van der Waals surface area contributed by atoms with Crippen molar-refractivity contribution < 1.29 is 19.4 Å². The molecule has 0 aliphatic heterocycles. The average Bonchev–Trinajstić information content (AvgIpc) is 2.75. The third-order valence-corrected chi connectivity index (χ3v) is 5.24. The summed E-state index contributed by atoms with van der Waals surface area (Å²) in [6, 6.07) is 19.0. The fraction of sp³-hybridized carbons (Fsp3) is 0.231. The predicted molar refractivity (Wildman–Crippen MR) is 122 cm³/mol. The van der Waals surface area contributed by atoms with Crippen LogP contribution in [-0.4, -0.2) is 22.2 Å². The first kappa shape index (κ1) is 20.7. The van der Waals surface area contributed by atoms with Crippen molar-refractivity contribution in [3.63, 3.8) is 0 Å². The van der Waals surface area contributed by atoms with Crippen LogP contribution >= 0.6 is 0 Å². The second-order valence-corrected chi connectivity index (χ2v) is 7.72. The van der Waals surface area contributed by atoms with Gasteiger partial charge in [-0.1, -0.05) is 30.3 Å². The lowest BCUT2D eigenvalue weighted by Crippen LogP contribution is -2.14. The topological polar surface area (TPSA) is 68.7 Å². The van der Waals surface area contributed by atoms with E-state index in [0.29, 0.717) is 22.4 Å². The Bertz CT molecular complexity index is 1220. The summed E-state index contributed by atoms with van der Waals surface area (Å²) in [7, 11) is 0. The van der Waals surface area contributed by atoms with Crippen LogP contribution in [0.3, 0.4) is 0 Å². The van der Waals surface area contributed by atoms with Crippen LogP contribution in [0.1, 0.15) is 32.3 Å². The van der Waals surface area contributed by atoms with Gasteiger partial charge in [0, 0.05) is 23.9 Å². The molecule has 31 heavy (non-hydrogen) atoms. The molecule has 0 aliphatic rings. The van der Waals surface area contributed by atoms with E-state index >= 15 is 0 Å². The number of carbonyl (C=O) groups excluding carboxylic acids is 1. The van der Waals surface area contributed by atoms with Gasteiger partial charge in [-0.05, 0) is 62.1 Å². The number of hydrogen-bond acceptors (Lipinski definition) is 5. The zero-order chi connectivity index (χ0) is 21.8. The van der Waals surface area contributed by atoms with Gasteiger partial charge in [-0.15, -0.1) is 0 Å². The van der Waals surface area contributed by atoms with E-state index in [9.17, 15) is 9.90 Å². The number of aryl methyl sites for hydroxylation is 1. The van der Waals surface area contributed by atoms with Crippen LogP contribution < -0.4 is 9.47 Å². The number of fused-ring (bicyclic) bond motifs is 3. The number of phenolic OH excluding ortho intramolecular Hbond substituents is 1. The molecule has 1 atom stereocenters. The van der Waals surface area contributed by atoms with Crippen molar-refractivity contribution in [3.8, 4) is 17.2 Å². The SMILES string of the molecule is CC(=O)Oc1c(O[C@H](C)CCCc2ccccc2)ccc2ncc3ccc(O)cc3c12. The van der Waals surface area contributed by atoms with Crippen molar-refractivity contribution in [1.29, 1.82) is 0 Å². The number of pyridine rings is 1. The third kappa shape index (κ3) is 4.77. The number of aromatic hydroxyl groups is 1. The van der Waals surface area contributed by atoms with Gasteiger partial charge in [0.15, 0.2) is 11.5 Å². The van der Waals surface area contributed by atoms with Gasteiger partial charge < -0.3 is 14.6 Å². The molecule has 1 heterocycles. The summed E-state index contributed by atoms with van der Waals surface area (Å²) in [4.78, 5) is 16.4. The van der Waals surface area contributed by atoms with Gasteiger partial charge in [-0.2, -0.15) is 0 Å². The Labute approximate surface area is 181 Å². The molecule has 0 fully saturated rings. The molecule has 3 aromatic carbocycles. The van der Waals surface area contributed by atoms with Gasteiger partial charge in [0.25, 0.3) is 0 Å². The maximum absolute atomic E-state index is 11.9. The molecule has 4 aromatic rings. The molecule has 0 bridgehead atoms. The van der Waals surface area contributed by atoms with E-state index in [1.54, 1.807) is 30.5 Å². The summed E-state index contributed by atoms with van der Waals surface area (Å²) >= 11 is 0. The molecule has 0 amide bonds. The Morgan fingerprint density at radius 3 is 2.68 bits per heavy atom. The number of hydrogen-bond donors (Lipinski definition) is 1. The Morgan fingerprint density at radius 1 is 1.10 bits per heavy atom. The molecule has 0 saturated carbocycles. The molecule has 0 saturated heterocycles. The monoisotopic (exact) mass is 415 g/mol. The first-order valence-corrected chi connectivity index (χ1v) is 10.4. The number of nitrogens with zero attached hydrogens (tertiary/aromatic N) is 1. The Kier molecular flexibility index (Phi) is 6.03. The molecule has 1 aromatic heterocycles. The van der Waals surface area contributed by atoms with E-state index in [1.807, 2.05) is 31.2 Å². The quantitative estimate of drug-likeness (QED) is 0.234. The number of esters is 1. The van der Waals surface area contributed by atoms with Crippen LogP contribution in [0.15, 0.2) is 66.9 Å². The minimum Gasteiger partial charge on any atom is -0.508 e. The molecule has 0 radical (unpaired) electrons. The standard InChI is InChI=1S/C26H25NO4/c1-17(7-6-10-19-8-4-3-5-9-19)30-24-14-13-23-25(26(24)31-18(2)28)22-15-21(29)12-11-20(22)16-27-23/h3-5,8-9,11-17,29H,6-7,10H2,1-2H3/t17-/m1/s1. The Hall–Kier alpha value is -3.60. The van der Waals surface area contributed by atoms with E-state index in [1.165, 1.54) is 12.5 Å². The van der Waals surface area contributed by atoms with Crippen molar-refractivity contribution in [1.82, 2.24) is 4.98 Å². The predicted octanol–water partition coefficient (Wildman–Crippen LogP) is 5.81. The molecular weight excluding hydrogens is 390 g/mol. The Morgan fingerprint density at radius 2 is 1.90 bits per heavy atom. The van der Waals surface area contributed by atoms with E-state index < -0.39 is 5.97 Å². The molecule has 4 rings (SSSR count). The third-order valence-electron chi connectivity index (χ3n) is 5.24. The zero-order valence-electron chi connectivity index (χ0n) is 17.7. The molecular formula is C26H25NO4. The number of aromatic nitrogens is 1. The van der Waals surface area contributed by atoms with Crippen molar-refractivity contribution in [2.75, 3.05) is 0 Å². The van der Waals surface area contributed by atoms with Crippen LogP contribution in [0.2, 0.25) is 0 Å². The summed E-state index contributed by atoms with van der Waals surface area (Å²) in [5.41, 5.74) is 1.97. The Balaban J connectivity index is 1.64. The lowest BCUT2D eigenvalue weighted by molar-refractivity contribution is -0.131. The highest BCUT2D eigenvalue weighted by atomic mass is 16.6. The summed E-state index contributed by atoms with van der Waals surface area (Å²) in [5.74, 6) is 0.525. The molecule has 5 nitrogen and oxygen atoms in total. The van der Waals surface area contributed by atoms with E-state index in [-0.39, 0.29) is 11.9 Å². The molecule has 0 unspecified atom stereocenters. The molecule has 0 spiro atoms. The van der Waals surface area contributed by atoms with Crippen molar-refractivity contribution >= 4 is 27.6 Å². The van der Waals surface area contributed by atoms with Crippen LogP contribution in [0, 0.1) is 0 Å². The minimum atomic E-state index is -0.439. The fourth-order valence-corrected chi connectivity index (χ4v) is 3.79. The second kappa shape index (κ2) is 9.04. The highest BCUT2D eigenvalue weighted by Crippen LogP contribution is 2.40. The molecule has 158 valence electrons. The van der Waals surface area contributed by atoms with Gasteiger partial charge in [0.1, 0.15) is 5.75 Å². The number of benzene rings is 3. The zero-order valence-corrected chi connectivity index (χ0v) is 17.7. The summed E-state index contributed by atoms with van der Waals surface area (Å²) < 4.78 is 11.8. The van der Waals surface area contributed by atoms with Gasteiger partial charge >= 0.3 is 5.97 Å². The summed E-state index contributed by atoms with van der Waals surface area (Å²) in [6.07, 6.45) is 4.51. The second-order valence-electron chi connectivity index (χ2n) is 7.72. The fourth-order valence-electron chi connectivity index (χ4n) is 3.79. The summed E-state index contributed by atoms with van der Waals surface area (Å²) in [5, 5.41) is 12.3.